The van der Waals surface area contributed by atoms with Gasteiger partial charge in [0.1, 0.15) is 5.75 Å². The standard InChI is InChI=1S/C25H27NO4S/c1-17(21-11-5-8-19-7-3-4-10-22(19)21)25(29)26-23-15-18(16-31(2)30)13-14-20(23)9-6-12-24(27)28/h3-5,7-8,10-11,13-15,17H,6,9,12,16H2,1-2H3,(H,26,29)(H,27,28). The Labute approximate surface area is 185 Å². The second-order valence-corrected chi connectivity index (χ2v) is 9.17. The summed E-state index contributed by atoms with van der Waals surface area (Å²) in [5.74, 6) is -0.947. The number of hydrogen-bond donors (Lipinski definition) is 2. The van der Waals surface area contributed by atoms with E-state index in [0.29, 0.717) is 24.3 Å². The smallest absolute Gasteiger partial charge is 0.303 e. The molecule has 6 heteroatoms. The molecule has 3 aromatic carbocycles. The van der Waals surface area contributed by atoms with Gasteiger partial charge in [-0.15, -0.1) is 0 Å². The largest absolute Gasteiger partial charge is 0.616 e. The second kappa shape index (κ2) is 10.5. The van der Waals surface area contributed by atoms with Gasteiger partial charge in [-0.3, -0.25) is 9.59 Å². The molecule has 0 aliphatic rings. The molecule has 162 valence electrons. The van der Waals surface area contributed by atoms with Crippen molar-refractivity contribution in [1.29, 1.82) is 0 Å². The van der Waals surface area contributed by atoms with Crippen LogP contribution in [0.2, 0.25) is 0 Å². The summed E-state index contributed by atoms with van der Waals surface area (Å²) in [7, 11) is 0. The number of rotatable bonds is 9. The average molecular weight is 438 g/mol. The van der Waals surface area contributed by atoms with Gasteiger partial charge in [-0.2, -0.15) is 0 Å². The van der Waals surface area contributed by atoms with Crippen LogP contribution >= 0.6 is 0 Å². The molecule has 2 N–H and O–H groups in total. The lowest BCUT2D eigenvalue weighted by atomic mass is 9.94. The van der Waals surface area contributed by atoms with Gasteiger partial charge in [-0.25, -0.2) is 0 Å². The SMILES string of the molecule is CC(C(=O)Nc1cc(C[S+](C)[O-])ccc1CCCC(=O)O)c1cccc2ccccc12. The molecule has 0 aliphatic heterocycles. The Morgan fingerprint density at radius 3 is 2.58 bits per heavy atom. The van der Waals surface area contributed by atoms with Crippen LogP contribution in [0.4, 0.5) is 5.69 Å². The van der Waals surface area contributed by atoms with Crippen LogP contribution in [0.25, 0.3) is 10.8 Å². The van der Waals surface area contributed by atoms with Crippen molar-refractivity contribution in [1.82, 2.24) is 0 Å². The van der Waals surface area contributed by atoms with E-state index in [1.165, 1.54) is 0 Å². The lowest BCUT2D eigenvalue weighted by Crippen LogP contribution is -2.20. The number of carboxylic acids is 1. The summed E-state index contributed by atoms with van der Waals surface area (Å²) < 4.78 is 11.7. The highest BCUT2D eigenvalue weighted by molar-refractivity contribution is 7.89. The maximum absolute atomic E-state index is 13.2. The van der Waals surface area contributed by atoms with Crippen LogP contribution < -0.4 is 5.32 Å². The fourth-order valence-electron chi connectivity index (χ4n) is 3.72. The molecule has 31 heavy (non-hydrogen) atoms. The molecule has 0 spiro atoms. The van der Waals surface area contributed by atoms with Gasteiger partial charge in [0.15, 0.2) is 0 Å². The number of carbonyl (C=O) groups excluding carboxylic acids is 1. The first kappa shape index (κ1) is 22.8. The van der Waals surface area contributed by atoms with Gasteiger partial charge >= 0.3 is 5.97 Å². The van der Waals surface area contributed by atoms with Gasteiger partial charge < -0.3 is 15.0 Å². The van der Waals surface area contributed by atoms with Crippen LogP contribution in [-0.4, -0.2) is 27.8 Å². The van der Waals surface area contributed by atoms with Gasteiger partial charge in [-0.1, -0.05) is 65.8 Å². The van der Waals surface area contributed by atoms with E-state index in [2.05, 4.69) is 5.32 Å². The monoisotopic (exact) mass is 437 g/mol. The zero-order valence-corrected chi connectivity index (χ0v) is 18.6. The van der Waals surface area contributed by atoms with Crippen molar-refractivity contribution in [2.24, 2.45) is 0 Å². The Morgan fingerprint density at radius 2 is 1.84 bits per heavy atom. The molecule has 2 atom stereocenters. The summed E-state index contributed by atoms with van der Waals surface area (Å²) >= 11 is -1.00. The summed E-state index contributed by atoms with van der Waals surface area (Å²) in [6, 6.07) is 19.6. The minimum atomic E-state index is -1.00. The van der Waals surface area contributed by atoms with E-state index in [1.54, 1.807) is 6.26 Å². The third kappa shape index (κ3) is 6.09. The Bertz CT molecular complexity index is 1070. The summed E-state index contributed by atoms with van der Waals surface area (Å²) in [6.45, 7) is 1.88. The van der Waals surface area contributed by atoms with Crippen LogP contribution in [-0.2, 0) is 32.9 Å². The zero-order chi connectivity index (χ0) is 22.4. The van der Waals surface area contributed by atoms with Crippen LogP contribution in [0.5, 0.6) is 0 Å². The molecule has 1 amide bonds. The van der Waals surface area contributed by atoms with Crippen LogP contribution in [0.3, 0.4) is 0 Å². The number of anilines is 1. The predicted molar refractivity (Wildman–Crippen MR) is 126 cm³/mol. The summed E-state index contributed by atoms with van der Waals surface area (Å²) in [4.78, 5) is 24.0. The number of nitrogens with one attached hydrogen (secondary N) is 1. The molecule has 0 bridgehead atoms. The van der Waals surface area contributed by atoms with Gasteiger partial charge in [0.05, 0.1) is 12.2 Å². The highest BCUT2D eigenvalue weighted by Gasteiger charge is 2.19. The number of aliphatic carboxylic acids is 1. The van der Waals surface area contributed by atoms with Crippen LogP contribution in [0, 0.1) is 0 Å². The molecule has 0 radical (unpaired) electrons. The maximum atomic E-state index is 13.2. The number of hydrogen-bond acceptors (Lipinski definition) is 3. The molecular weight excluding hydrogens is 410 g/mol. The quantitative estimate of drug-likeness (QED) is 0.468. The van der Waals surface area contributed by atoms with Gasteiger partial charge in [-0.05, 0) is 47.7 Å². The minimum Gasteiger partial charge on any atom is -0.616 e. The number of amides is 1. The van der Waals surface area contributed by atoms with E-state index in [0.717, 1.165) is 27.5 Å². The molecular formula is C25H27NO4S. The molecule has 2 unspecified atom stereocenters. The first-order chi connectivity index (χ1) is 14.8. The first-order valence-electron chi connectivity index (χ1n) is 10.3. The Kier molecular flexibility index (Phi) is 7.71. The summed E-state index contributed by atoms with van der Waals surface area (Å²) in [5.41, 5.74) is 3.36. The van der Waals surface area contributed by atoms with Crippen LogP contribution in [0.15, 0.2) is 60.7 Å². The van der Waals surface area contributed by atoms with Crippen molar-refractivity contribution >= 4 is 39.5 Å². The average Bonchev–Trinajstić information content (AvgIpc) is 2.73. The van der Waals surface area contributed by atoms with E-state index in [-0.39, 0.29) is 18.2 Å². The molecule has 0 aromatic heterocycles. The Morgan fingerprint density at radius 1 is 1.10 bits per heavy atom. The summed E-state index contributed by atoms with van der Waals surface area (Å²) in [5, 5.41) is 14.1. The van der Waals surface area contributed by atoms with E-state index in [1.807, 2.05) is 67.6 Å². The molecule has 0 saturated carbocycles. The number of carbonyl (C=O) groups is 2. The molecule has 3 aromatic rings. The second-order valence-electron chi connectivity index (χ2n) is 7.74. The fraction of sp³-hybridized carbons (Fsp3) is 0.280. The topological polar surface area (TPSA) is 89.5 Å². The molecule has 3 rings (SSSR count). The van der Waals surface area contributed by atoms with Crippen molar-refractivity contribution in [2.75, 3.05) is 11.6 Å². The number of aryl methyl sites for hydroxylation is 1. The number of fused-ring (bicyclic) bond motifs is 1. The molecule has 0 aliphatic carbocycles. The van der Waals surface area contributed by atoms with E-state index < -0.39 is 17.1 Å². The minimum absolute atomic E-state index is 0.0700. The van der Waals surface area contributed by atoms with Crippen molar-refractivity contribution in [3.63, 3.8) is 0 Å². The Balaban J connectivity index is 1.85. The number of benzene rings is 3. The van der Waals surface area contributed by atoms with Crippen molar-refractivity contribution in [3.05, 3.63) is 77.4 Å². The van der Waals surface area contributed by atoms with E-state index in [4.69, 9.17) is 5.11 Å². The van der Waals surface area contributed by atoms with Crippen molar-refractivity contribution < 1.29 is 19.2 Å². The molecule has 0 fully saturated rings. The molecule has 5 nitrogen and oxygen atoms in total. The molecule has 0 heterocycles. The van der Waals surface area contributed by atoms with Crippen molar-refractivity contribution in [2.45, 2.75) is 37.9 Å². The highest BCUT2D eigenvalue weighted by Crippen LogP contribution is 2.28. The normalized spacial score (nSPS) is 13.0. The first-order valence-corrected chi connectivity index (χ1v) is 12.0. The van der Waals surface area contributed by atoms with E-state index >= 15 is 0 Å². The maximum Gasteiger partial charge on any atom is 0.303 e. The lowest BCUT2D eigenvalue weighted by Gasteiger charge is -2.18. The highest BCUT2D eigenvalue weighted by atomic mass is 32.2. The van der Waals surface area contributed by atoms with Crippen molar-refractivity contribution in [3.8, 4) is 0 Å². The zero-order valence-electron chi connectivity index (χ0n) is 17.8. The number of carboxylic acid groups (broad SMARTS) is 1. The van der Waals surface area contributed by atoms with Gasteiger partial charge in [0.25, 0.3) is 0 Å². The Hall–Kier alpha value is -2.83. The van der Waals surface area contributed by atoms with Gasteiger partial charge in [0.2, 0.25) is 5.91 Å². The lowest BCUT2D eigenvalue weighted by molar-refractivity contribution is -0.137. The molecule has 0 saturated heterocycles. The van der Waals surface area contributed by atoms with Gasteiger partial charge in [0, 0.05) is 17.7 Å². The third-order valence-corrected chi connectivity index (χ3v) is 6.06. The third-order valence-electron chi connectivity index (χ3n) is 5.32. The van der Waals surface area contributed by atoms with E-state index in [9.17, 15) is 14.1 Å². The summed E-state index contributed by atoms with van der Waals surface area (Å²) in [6.07, 6.45) is 2.73. The fourth-order valence-corrected chi connectivity index (χ4v) is 4.37. The van der Waals surface area contributed by atoms with Crippen LogP contribution in [0.1, 0.15) is 42.4 Å². The predicted octanol–water partition coefficient (Wildman–Crippen LogP) is 4.87.